The van der Waals surface area contributed by atoms with Gasteiger partial charge in [0.1, 0.15) is 0 Å². The van der Waals surface area contributed by atoms with Crippen LogP contribution in [0.3, 0.4) is 0 Å². The Morgan fingerprint density at radius 2 is 2.06 bits per heavy atom. The van der Waals surface area contributed by atoms with Gasteiger partial charge < -0.3 is 9.84 Å². The maximum absolute atomic E-state index is 13.3. The molecule has 1 atom stereocenters. The first kappa shape index (κ1) is 14.1. The molecule has 0 aliphatic heterocycles. The third-order valence-corrected chi connectivity index (χ3v) is 2.43. The Morgan fingerprint density at radius 3 is 2.76 bits per heavy atom. The Hall–Kier alpha value is -1.00. The lowest BCUT2D eigenvalue weighted by atomic mass is 10.1. The van der Waals surface area contributed by atoms with Crippen molar-refractivity contribution in [1.29, 1.82) is 0 Å². The Morgan fingerprint density at radius 1 is 1.29 bits per heavy atom. The highest BCUT2D eigenvalue weighted by Gasteiger charge is 2.12. The summed E-state index contributed by atoms with van der Waals surface area (Å²) in [6.45, 7) is 3.09. The fraction of sp³-hybridized carbons (Fsp3) is 0.538. The lowest BCUT2D eigenvalue weighted by Crippen LogP contribution is -2.15. The van der Waals surface area contributed by atoms with Gasteiger partial charge in [-0.1, -0.05) is 19.1 Å². The average molecular weight is 244 g/mol. The van der Waals surface area contributed by atoms with Gasteiger partial charge in [-0.2, -0.15) is 0 Å². The van der Waals surface area contributed by atoms with Crippen molar-refractivity contribution in [2.45, 2.75) is 32.3 Å². The third-order valence-electron chi connectivity index (χ3n) is 2.43. The molecule has 0 saturated carbocycles. The van der Waals surface area contributed by atoms with E-state index in [0.29, 0.717) is 19.6 Å². The zero-order valence-electron chi connectivity index (χ0n) is 9.96. The maximum atomic E-state index is 13.3. The van der Waals surface area contributed by atoms with E-state index in [4.69, 9.17) is 4.74 Å². The van der Waals surface area contributed by atoms with Crippen LogP contribution in [-0.2, 0) is 11.2 Å². The summed E-state index contributed by atoms with van der Waals surface area (Å²) in [5, 5.41) is 9.65. The zero-order valence-corrected chi connectivity index (χ0v) is 9.96. The number of aliphatic hydroxyl groups is 1. The molecule has 0 heterocycles. The van der Waals surface area contributed by atoms with Gasteiger partial charge in [-0.25, -0.2) is 8.78 Å². The second kappa shape index (κ2) is 7.35. The van der Waals surface area contributed by atoms with Gasteiger partial charge in [0.15, 0.2) is 11.6 Å². The molecule has 1 rings (SSSR count). The van der Waals surface area contributed by atoms with Gasteiger partial charge in [0, 0.05) is 19.6 Å². The predicted molar refractivity (Wildman–Crippen MR) is 61.8 cm³/mol. The molecule has 4 heteroatoms. The van der Waals surface area contributed by atoms with Gasteiger partial charge in [0.25, 0.3) is 0 Å². The van der Waals surface area contributed by atoms with E-state index in [1.54, 1.807) is 0 Å². The number of aliphatic hydroxyl groups excluding tert-OH is 1. The van der Waals surface area contributed by atoms with Crippen LogP contribution in [0.2, 0.25) is 0 Å². The molecule has 0 saturated heterocycles. The summed E-state index contributed by atoms with van der Waals surface area (Å²) in [6.07, 6.45) is 0.757. The molecule has 2 nitrogen and oxygen atoms in total. The van der Waals surface area contributed by atoms with E-state index in [-0.39, 0.29) is 12.0 Å². The predicted octanol–water partition coefficient (Wildman–Crippen LogP) is 2.68. The summed E-state index contributed by atoms with van der Waals surface area (Å²) in [4.78, 5) is 0. The lowest BCUT2D eigenvalue weighted by molar-refractivity contribution is 0.0819. The third kappa shape index (κ3) is 4.79. The van der Waals surface area contributed by atoms with Crippen molar-refractivity contribution in [3.8, 4) is 0 Å². The van der Waals surface area contributed by atoms with Gasteiger partial charge in [0.05, 0.1) is 6.10 Å². The molecule has 0 aromatic heterocycles. The van der Waals surface area contributed by atoms with Crippen LogP contribution in [0.15, 0.2) is 18.2 Å². The Labute approximate surface area is 100 Å². The molecule has 0 bridgehead atoms. The molecular weight excluding hydrogens is 226 g/mol. The van der Waals surface area contributed by atoms with E-state index in [2.05, 4.69) is 0 Å². The minimum absolute atomic E-state index is 0.110. The summed E-state index contributed by atoms with van der Waals surface area (Å²) >= 11 is 0. The average Bonchev–Trinajstić information content (AvgIpc) is 2.31. The van der Waals surface area contributed by atoms with Gasteiger partial charge in [-0.15, -0.1) is 0 Å². The van der Waals surface area contributed by atoms with E-state index in [9.17, 15) is 13.9 Å². The van der Waals surface area contributed by atoms with Crippen molar-refractivity contribution in [2.75, 3.05) is 13.2 Å². The minimum atomic E-state index is -0.878. The van der Waals surface area contributed by atoms with Crippen molar-refractivity contribution in [3.63, 3.8) is 0 Å². The SMILES string of the molecule is CCCOCCC(O)Cc1cccc(F)c1F. The Balaban J connectivity index is 2.39. The largest absolute Gasteiger partial charge is 0.393 e. The summed E-state index contributed by atoms with van der Waals surface area (Å²) in [5.41, 5.74) is 0.202. The maximum Gasteiger partial charge on any atom is 0.162 e. The van der Waals surface area contributed by atoms with Crippen LogP contribution in [0.4, 0.5) is 8.78 Å². The minimum Gasteiger partial charge on any atom is -0.393 e. The molecule has 0 radical (unpaired) electrons. The second-order valence-electron chi connectivity index (χ2n) is 3.97. The van der Waals surface area contributed by atoms with Crippen LogP contribution < -0.4 is 0 Å². The summed E-state index contributed by atoms with van der Waals surface area (Å²) < 4.78 is 31.4. The molecule has 0 fully saturated rings. The van der Waals surface area contributed by atoms with E-state index < -0.39 is 17.7 Å². The molecule has 1 aromatic rings. The topological polar surface area (TPSA) is 29.5 Å². The molecule has 0 amide bonds. The molecule has 17 heavy (non-hydrogen) atoms. The number of hydrogen-bond donors (Lipinski definition) is 1. The van der Waals surface area contributed by atoms with Crippen molar-refractivity contribution in [3.05, 3.63) is 35.4 Å². The summed E-state index contributed by atoms with van der Waals surface area (Å²) in [5.74, 6) is -1.75. The smallest absolute Gasteiger partial charge is 0.162 e. The number of hydrogen-bond acceptors (Lipinski definition) is 2. The highest BCUT2D eigenvalue weighted by Crippen LogP contribution is 2.14. The number of ether oxygens (including phenoxy) is 1. The monoisotopic (exact) mass is 244 g/mol. The Bertz CT molecular complexity index is 342. The lowest BCUT2D eigenvalue weighted by Gasteiger charge is -2.11. The fourth-order valence-electron chi connectivity index (χ4n) is 1.53. The first-order valence-electron chi connectivity index (χ1n) is 5.83. The first-order valence-corrected chi connectivity index (χ1v) is 5.83. The summed E-state index contributed by atoms with van der Waals surface area (Å²) in [6, 6.07) is 3.98. The zero-order chi connectivity index (χ0) is 12.7. The van der Waals surface area contributed by atoms with Crippen molar-refractivity contribution < 1.29 is 18.6 Å². The van der Waals surface area contributed by atoms with Crippen LogP contribution in [0.5, 0.6) is 0 Å². The van der Waals surface area contributed by atoms with Crippen molar-refractivity contribution in [2.24, 2.45) is 0 Å². The molecule has 96 valence electrons. The highest BCUT2D eigenvalue weighted by molar-refractivity contribution is 5.19. The standard InChI is InChI=1S/C13H18F2O2/c1-2-7-17-8-6-11(16)9-10-4-3-5-12(14)13(10)15/h3-5,11,16H,2,6-9H2,1H3. The van der Waals surface area contributed by atoms with Crippen LogP contribution in [0.25, 0.3) is 0 Å². The highest BCUT2D eigenvalue weighted by atomic mass is 19.2. The van der Waals surface area contributed by atoms with Gasteiger partial charge in [-0.05, 0) is 24.5 Å². The number of halogens is 2. The summed E-state index contributed by atoms with van der Waals surface area (Å²) in [7, 11) is 0. The Kier molecular flexibility index (Phi) is 6.08. The molecule has 1 unspecified atom stereocenters. The van der Waals surface area contributed by atoms with Gasteiger partial charge in [0.2, 0.25) is 0 Å². The van der Waals surface area contributed by atoms with E-state index in [1.165, 1.54) is 12.1 Å². The van der Waals surface area contributed by atoms with Crippen LogP contribution in [-0.4, -0.2) is 24.4 Å². The van der Waals surface area contributed by atoms with Crippen molar-refractivity contribution >= 4 is 0 Å². The van der Waals surface area contributed by atoms with Crippen molar-refractivity contribution in [1.82, 2.24) is 0 Å². The normalized spacial score (nSPS) is 12.7. The molecule has 1 N–H and O–H groups in total. The molecular formula is C13H18F2O2. The van der Waals surface area contributed by atoms with Gasteiger partial charge >= 0.3 is 0 Å². The van der Waals surface area contributed by atoms with E-state index in [1.807, 2.05) is 6.92 Å². The van der Waals surface area contributed by atoms with Crippen LogP contribution in [0.1, 0.15) is 25.3 Å². The number of rotatable bonds is 7. The van der Waals surface area contributed by atoms with Crippen LogP contribution >= 0.6 is 0 Å². The van der Waals surface area contributed by atoms with Crippen LogP contribution in [0, 0.1) is 11.6 Å². The fourth-order valence-corrected chi connectivity index (χ4v) is 1.53. The molecule has 0 spiro atoms. The second-order valence-corrected chi connectivity index (χ2v) is 3.97. The molecule has 0 aliphatic rings. The van der Waals surface area contributed by atoms with Gasteiger partial charge in [-0.3, -0.25) is 0 Å². The molecule has 1 aromatic carbocycles. The first-order chi connectivity index (χ1) is 8.15. The molecule has 0 aliphatic carbocycles. The van der Waals surface area contributed by atoms with E-state index in [0.717, 1.165) is 12.5 Å². The number of benzene rings is 1. The quantitative estimate of drug-likeness (QED) is 0.747. The van der Waals surface area contributed by atoms with E-state index >= 15 is 0 Å².